The molecule has 0 unspecified atom stereocenters. The summed E-state index contributed by atoms with van der Waals surface area (Å²) < 4.78 is 43.8. The summed E-state index contributed by atoms with van der Waals surface area (Å²) >= 11 is 0. The summed E-state index contributed by atoms with van der Waals surface area (Å²) in [5.41, 5.74) is 0. The van der Waals surface area contributed by atoms with Gasteiger partial charge in [0.15, 0.2) is 0 Å². The van der Waals surface area contributed by atoms with Crippen LogP contribution in [0.3, 0.4) is 0 Å². The van der Waals surface area contributed by atoms with E-state index in [0.717, 1.165) is 22.9 Å². The molecule has 0 saturated carbocycles. The second-order valence-corrected chi connectivity index (χ2v) is 6.49. The first-order valence-corrected chi connectivity index (χ1v) is 7.76. The van der Waals surface area contributed by atoms with Gasteiger partial charge in [-0.15, -0.1) is 0 Å². The predicted molar refractivity (Wildman–Crippen MR) is 69.9 cm³/mol. The Morgan fingerprint density at radius 2 is 1.95 bits per heavy atom. The van der Waals surface area contributed by atoms with Gasteiger partial charge >= 0.3 is 5.97 Å². The van der Waals surface area contributed by atoms with Crippen molar-refractivity contribution < 1.29 is 22.3 Å². The molecule has 1 atom stereocenters. The van der Waals surface area contributed by atoms with E-state index in [1.54, 1.807) is 0 Å². The lowest BCUT2D eigenvalue weighted by Crippen LogP contribution is -2.48. The van der Waals surface area contributed by atoms with Crippen LogP contribution in [0.2, 0.25) is 0 Å². The lowest BCUT2D eigenvalue weighted by molar-refractivity contribution is -0.146. The van der Waals surface area contributed by atoms with Crippen LogP contribution in [-0.4, -0.2) is 38.4 Å². The number of hydrogen-bond acceptors (Lipinski definition) is 4. The van der Waals surface area contributed by atoms with Gasteiger partial charge in [-0.1, -0.05) is 0 Å². The Bertz CT molecular complexity index is 585. The largest absolute Gasteiger partial charge is 0.468 e. The SMILES string of the molecule is COC(=O)[C@H]1CCCCN1S(=O)(=O)c1ccc(F)cc1. The number of esters is 1. The van der Waals surface area contributed by atoms with Crippen LogP contribution in [0.4, 0.5) is 4.39 Å². The van der Waals surface area contributed by atoms with E-state index in [1.165, 1.54) is 19.2 Å². The molecule has 20 heavy (non-hydrogen) atoms. The quantitative estimate of drug-likeness (QED) is 0.795. The third-order valence-corrected chi connectivity index (χ3v) is 5.27. The highest BCUT2D eigenvalue weighted by atomic mass is 32.2. The number of nitrogens with zero attached hydrogens (tertiary/aromatic N) is 1. The van der Waals surface area contributed by atoms with E-state index < -0.39 is 27.9 Å². The third kappa shape index (κ3) is 2.83. The number of ether oxygens (including phenoxy) is 1. The first-order valence-electron chi connectivity index (χ1n) is 6.32. The number of halogens is 1. The second kappa shape index (κ2) is 5.88. The molecule has 5 nitrogen and oxygen atoms in total. The number of hydrogen-bond donors (Lipinski definition) is 0. The van der Waals surface area contributed by atoms with Crippen LogP contribution >= 0.6 is 0 Å². The Kier molecular flexibility index (Phi) is 4.39. The fourth-order valence-electron chi connectivity index (χ4n) is 2.31. The molecular weight excluding hydrogens is 285 g/mol. The van der Waals surface area contributed by atoms with Crippen LogP contribution in [0.25, 0.3) is 0 Å². The fourth-order valence-corrected chi connectivity index (χ4v) is 3.95. The smallest absolute Gasteiger partial charge is 0.324 e. The first-order chi connectivity index (χ1) is 9.46. The third-order valence-electron chi connectivity index (χ3n) is 3.35. The molecule has 0 aliphatic carbocycles. The van der Waals surface area contributed by atoms with Crippen molar-refractivity contribution in [2.45, 2.75) is 30.2 Å². The molecule has 1 saturated heterocycles. The van der Waals surface area contributed by atoms with Gasteiger partial charge in [-0.3, -0.25) is 4.79 Å². The summed E-state index contributed by atoms with van der Waals surface area (Å²) in [5, 5.41) is 0. The molecule has 2 rings (SSSR count). The highest BCUT2D eigenvalue weighted by molar-refractivity contribution is 7.89. The summed E-state index contributed by atoms with van der Waals surface area (Å²) in [6, 6.07) is 3.78. The lowest BCUT2D eigenvalue weighted by Gasteiger charge is -2.32. The highest BCUT2D eigenvalue weighted by Gasteiger charge is 2.38. The van der Waals surface area contributed by atoms with Gasteiger partial charge < -0.3 is 4.74 Å². The van der Waals surface area contributed by atoms with Crippen molar-refractivity contribution in [1.82, 2.24) is 4.31 Å². The number of sulfonamides is 1. The molecule has 110 valence electrons. The average molecular weight is 301 g/mol. The molecule has 1 aliphatic heterocycles. The normalized spacial score (nSPS) is 20.6. The van der Waals surface area contributed by atoms with Gasteiger partial charge in [0.1, 0.15) is 11.9 Å². The zero-order chi connectivity index (χ0) is 14.8. The van der Waals surface area contributed by atoms with Gasteiger partial charge in [0.25, 0.3) is 0 Å². The van der Waals surface area contributed by atoms with Gasteiger partial charge in [-0.25, -0.2) is 12.8 Å². The Morgan fingerprint density at radius 1 is 1.30 bits per heavy atom. The van der Waals surface area contributed by atoms with E-state index in [2.05, 4.69) is 4.74 Å². The summed E-state index contributed by atoms with van der Waals surface area (Å²) in [6.07, 6.45) is 1.90. The minimum absolute atomic E-state index is 0.0188. The lowest BCUT2D eigenvalue weighted by atomic mass is 10.1. The maximum Gasteiger partial charge on any atom is 0.324 e. The van der Waals surface area contributed by atoms with Crippen molar-refractivity contribution in [3.8, 4) is 0 Å². The first kappa shape index (κ1) is 14.9. The van der Waals surface area contributed by atoms with Crippen LogP contribution in [-0.2, 0) is 19.6 Å². The maximum atomic E-state index is 12.9. The maximum absolute atomic E-state index is 12.9. The summed E-state index contributed by atoms with van der Waals surface area (Å²) in [6.45, 7) is 0.263. The van der Waals surface area contributed by atoms with E-state index in [1.807, 2.05) is 0 Å². The Hall–Kier alpha value is -1.47. The molecule has 1 fully saturated rings. The Morgan fingerprint density at radius 3 is 2.55 bits per heavy atom. The molecule has 0 spiro atoms. The number of methoxy groups -OCH3 is 1. The van der Waals surface area contributed by atoms with Crippen molar-refractivity contribution in [1.29, 1.82) is 0 Å². The zero-order valence-electron chi connectivity index (χ0n) is 11.1. The van der Waals surface area contributed by atoms with E-state index in [9.17, 15) is 17.6 Å². The van der Waals surface area contributed by atoms with Gasteiger partial charge in [-0.05, 0) is 43.5 Å². The van der Waals surface area contributed by atoms with E-state index in [0.29, 0.717) is 12.8 Å². The minimum Gasteiger partial charge on any atom is -0.468 e. The monoisotopic (exact) mass is 301 g/mol. The van der Waals surface area contributed by atoms with Crippen LogP contribution in [0, 0.1) is 5.82 Å². The van der Waals surface area contributed by atoms with Crippen molar-refractivity contribution in [2.24, 2.45) is 0 Å². The van der Waals surface area contributed by atoms with Crippen LogP contribution < -0.4 is 0 Å². The van der Waals surface area contributed by atoms with Crippen molar-refractivity contribution in [2.75, 3.05) is 13.7 Å². The van der Waals surface area contributed by atoms with Crippen molar-refractivity contribution >= 4 is 16.0 Å². The molecule has 0 N–H and O–H groups in total. The van der Waals surface area contributed by atoms with E-state index >= 15 is 0 Å². The summed E-state index contributed by atoms with van der Waals surface area (Å²) in [7, 11) is -2.58. The van der Waals surface area contributed by atoms with Crippen molar-refractivity contribution in [3.63, 3.8) is 0 Å². The van der Waals surface area contributed by atoms with Gasteiger partial charge in [-0.2, -0.15) is 4.31 Å². The fraction of sp³-hybridized carbons (Fsp3) is 0.462. The summed E-state index contributed by atoms with van der Waals surface area (Å²) in [5.74, 6) is -1.07. The topological polar surface area (TPSA) is 63.7 Å². The molecule has 1 aromatic carbocycles. The Labute approximate surface area is 117 Å². The predicted octanol–water partition coefficient (Wildman–Crippen LogP) is 1.54. The number of carbonyl (C=O) groups is 1. The molecule has 7 heteroatoms. The molecular formula is C13H16FNO4S. The molecule has 0 aromatic heterocycles. The zero-order valence-corrected chi connectivity index (χ0v) is 11.9. The standard InChI is InChI=1S/C13H16FNO4S/c1-19-13(16)12-4-2-3-9-15(12)20(17,18)11-7-5-10(14)6-8-11/h5-8,12H,2-4,9H2,1H3/t12-/m1/s1. The van der Waals surface area contributed by atoms with Gasteiger partial charge in [0, 0.05) is 6.54 Å². The molecule has 0 amide bonds. The van der Waals surface area contributed by atoms with Gasteiger partial charge in [0.2, 0.25) is 10.0 Å². The molecule has 1 aromatic rings. The molecule has 0 radical (unpaired) electrons. The molecule has 1 heterocycles. The molecule has 0 bridgehead atoms. The average Bonchev–Trinajstić information content (AvgIpc) is 2.47. The number of piperidine rings is 1. The van der Waals surface area contributed by atoms with E-state index in [-0.39, 0.29) is 11.4 Å². The molecule has 1 aliphatic rings. The van der Waals surface area contributed by atoms with Crippen LogP contribution in [0.15, 0.2) is 29.2 Å². The Balaban J connectivity index is 2.35. The highest BCUT2D eigenvalue weighted by Crippen LogP contribution is 2.26. The number of carbonyl (C=O) groups excluding carboxylic acids is 1. The van der Waals surface area contributed by atoms with E-state index in [4.69, 9.17) is 0 Å². The van der Waals surface area contributed by atoms with Crippen LogP contribution in [0.5, 0.6) is 0 Å². The minimum atomic E-state index is -3.82. The second-order valence-electron chi connectivity index (χ2n) is 4.60. The van der Waals surface area contributed by atoms with Crippen molar-refractivity contribution in [3.05, 3.63) is 30.1 Å². The number of benzene rings is 1. The summed E-state index contributed by atoms with van der Waals surface area (Å²) in [4.78, 5) is 11.7. The number of rotatable bonds is 3. The van der Waals surface area contributed by atoms with Crippen LogP contribution in [0.1, 0.15) is 19.3 Å². The van der Waals surface area contributed by atoms with Gasteiger partial charge in [0.05, 0.1) is 12.0 Å².